The lowest BCUT2D eigenvalue weighted by Gasteiger charge is -2.20. The zero-order chi connectivity index (χ0) is 22.7. The minimum Gasteiger partial charge on any atom is -0.367 e. The van der Waals surface area contributed by atoms with Crippen molar-refractivity contribution in [2.24, 2.45) is 0 Å². The minimum absolute atomic E-state index is 0.0648. The maximum absolute atomic E-state index is 13.0. The number of amides is 1. The molecular formula is C22H21ClN4O2S2. The third kappa shape index (κ3) is 4.54. The lowest BCUT2D eigenvalue weighted by atomic mass is 10.0. The average Bonchev–Trinajstić information content (AvgIpc) is 2.99. The topological polar surface area (TPSA) is 78.1 Å². The van der Waals surface area contributed by atoms with Gasteiger partial charge in [0.1, 0.15) is 21.8 Å². The van der Waals surface area contributed by atoms with E-state index in [0.29, 0.717) is 50.7 Å². The molecule has 2 aromatic rings. The van der Waals surface area contributed by atoms with Gasteiger partial charge >= 0.3 is 0 Å². The number of rotatable bonds is 6. The largest absolute Gasteiger partial charge is 0.367 e. The van der Waals surface area contributed by atoms with Crippen LogP contribution in [0.2, 0.25) is 5.02 Å². The van der Waals surface area contributed by atoms with E-state index in [9.17, 15) is 14.9 Å². The molecule has 3 rings (SSSR count). The van der Waals surface area contributed by atoms with Crippen LogP contribution in [0.15, 0.2) is 34.0 Å². The predicted octanol–water partition coefficient (Wildman–Crippen LogP) is 4.53. The number of hydrogen-bond acceptors (Lipinski definition) is 6. The van der Waals surface area contributed by atoms with Crippen LogP contribution in [0.5, 0.6) is 0 Å². The molecule has 1 aliphatic rings. The first kappa shape index (κ1) is 23.1. The lowest BCUT2D eigenvalue weighted by molar-refractivity contribution is -0.121. The number of benzene rings is 1. The van der Waals surface area contributed by atoms with Gasteiger partial charge in [-0.25, -0.2) is 0 Å². The van der Waals surface area contributed by atoms with E-state index in [1.54, 1.807) is 30.7 Å². The summed E-state index contributed by atoms with van der Waals surface area (Å²) >= 11 is 12.7. The molecule has 0 radical (unpaired) electrons. The van der Waals surface area contributed by atoms with Gasteiger partial charge in [0, 0.05) is 30.7 Å². The van der Waals surface area contributed by atoms with Crippen molar-refractivity contribution in [3.05, 3.63) is 66.8 Å². The summed E-state index contributed by atoms with van der Waals surface area (Å²) in [5.41, 5.74) is 1.71. The fraction of sp³-hybridized carbons (Fsp3) is 0.273. The number of halogens is 1. The Morgan fingerprint density at radius 2 is 2.03 bits per heavy atom. The van der Waals surface area contributed by atoms with Crippen molar-refractivity contribution >= 4 is 57.7 Å². The SMILES string of the molecule is CCCn1c(NCc2ccccc2Cl)c(/C=C2/SC(=S)N(C)C2=O)c(C)c(C#N)c1=O. The maximum atomic E-state index is 13.0. The molecule has 2 heterocycles. The number of likely N-dealkylation sites (N-methyl/N-ethyl adjacent to an activating group) is 1. The minimum atomic E-state index is -0.358. The van der Waals surface area contributed by atoms with Gasteiger partial charge in [-0.3, -0.25) is 19.1 Å². The van der Waals surface area contributed by atoms with E-state index in [1.807, 2.05) is 31.2 Å². The highest BCUT2D eigenvalue weighted by Gasteiger charge is 2.30. The number of hydrogen-bond donors (Lipinski definition) is 1. The summed E-state index contributed by atoms with van der Waals surface area (Å²) in [4.78, 5) is 27.5. The van der Waals surface area contributed by atoms with Gasteiger partial charge in [-0.15, -0.1) is 0 Å². The molecule has 1 aromatic heterocycles. The van der Waals surface area contributed by atoms with Crippen molar-refractivity contribution in [1.29, 1.82) is 5.26 Å². The molecular weight excluding hydrogens is 452 g/mol. The van der Waals surface area contributed by atoms with Crippen LogP contribution in [0.25, 0.3) is 6.08 Å². The third-order valence-corrected chi connectivity index (χ3v) is 6.84. The first-order valence-electron chi connectivity index (χ1n) is 9.66. The number of nitrogens with zero attached hydrogens (tertiary/aromatic N) is 3. The molecule has 1 aromatic carbocycles. The molecule has 31 heavy (non-hydrogen) atoms. The van der Waals surface area contributed by atoms with Crippen molar-refractivity contribution in [3.8, 4) is 6.07 Å². The van der Waals surface area contributed by atoms with E-state index < -0.39 is 0 Å². The number of pyridine rings is 1. The number of nitriles is 1. The normalized spacial score (nSPS) is 14.9. The third-order valence-electron chi connectivity index (χ3n) is 4.99. The number of carbonyl (C=O) groups excluding carboxylic acids is 1. The Bertz CT molecular complexity index is 1200. The summed E-state index contributed by atoms with van der Waals surface area (Å²) in [5, 5.41) is 13.6. The second-order valence-electron chi connectivity index (χ2n) is 7.02. The van der Waals surface area contributed by atoms with Crippen molar-refractivity contribution in [1.82, 2.24) is 9.47 Å². The lowest BCUT2D eigenvalue weighted by Crippen LogP contribution is -2.28. The van der Waals surface area contributed by atoms with Crippen molar-refractivity contribution in [2.75, 3.05) is 12.4 Å². The summed E-state index contributed by atoms with van der Waals surface area (Å²) in [6, 6.07) is 9.47. The summed E-state index contributed by atoms with van der Waals surface area (Å²) in [6.07, 6.45) is 2.41. The van der Waals surface area contributed by atoms with Gasteiger partial charge < -0.3 is 5.32 Å². The first-order chi connectivity index (χ1) is 14.8. The van der Waals surface area contributed by atoms with Crippen molar-refractivity contribution < 1.29 is 4.79 Å². The molecule has 1 saturated heterocycles. The zero-order valence-corrected chi connectivity index (χ0v) is 19.7. The highest BCUT2D eigenvalue weighted by atomic mass is 35.5. The molecule has 160 valence electrons. The van der Waals surface area contributed by atoms with Gasteiger partial charge in [0.05, 0.1) is 4.91 Å². The quantitative estimate of drug-likeness (QED) is 0.491. The second kappa shape index (κ2) is 9.69. The van der Waals surface area contributed by atoms with Gasteiger partial charge in [0.25, 0.3) is 11.5 Å². The predicted molar refractivity (Wildman–Crippen MR) is 130 cm³/mol. The highest BCUT2D eigenvalue weighted by Crippen LogP contribution is 2.34. The van der Waals surface area contributed by atoms with Gasteiger partial charge in [-0.2, -0.15) is 5.26 Å². The maximum Gasteiger partial charge on any atom is 0.270 e. The van der Waals surface area contributed by atoms with Crippen LogP contribution < -0.4 is 10.9 Å². The van der Waals surface area contributed by atoms with Gasteiger partial charge in [0.15, 0.2) is 0 Å². The van der Waals surface area contributed by atoms with Gasteiger partial charge in [-0.1, -0.05) is 60.7 Å². The smallest absolute Gasteiger partial charge is 0.270 e. The Morgan fingerprint density at radius 3 is 2.61 bits per heavy atom. The highest BCUT2D eigenvalue weighted by molar-refractivity contribution is 8.26. The zero-order valence-electron chi connectivity index (χ0n) is 17.4. The molecule has 9 heteroatoms. The Kier molecular flexibility index (Phi) is 7.21. The van der Waals surface area contributed by atoms with E-state index in [0.717, 1.165) is 5.56 Å². The fourth-order valence-corrected chi connectivity index (χ4v) is 4.65. The molecule has 1 fully saturated rings. The summed E-state index contributed by atoms with van der Waals surface area (Å²) in [5.74, 6) is 0.336. The number of nitrogens with one attached hydrogen (secondary N) is 1. The van der Waals surface area contributed by atoms with E-state index in [1.165, 1.54) is 16.7 Å². The van der Waals surface area contributed by atoms with Crippen LogP contribution in [-0.4, -0.2) is 26.7 Å². The van der Waals surface area contributed by atoms with Crippen LogP contribution >= 0.6 is 35.6 Å². The molecule has 0 spiro atoms. The Morgan fingerprint density at radius 1 is 1.32 bits per heavy atom. The van der Waals surface area contributed by atoms with E-state index >= 15 is 0 Å². The molecule has 1 aliphatic heterocycles. The Hall–Kier alpha value is -2.60. The molecule has 0 aliphatic carbocycles. The van der Waals surface area contributed by atoms with E-state index in [4.69, 9.17) is 23.8 Å². The van der Waals surface area contributed by atoms with E-state index in [2.05, 4.69) is 5.32 Å². The van der Waals surface area contributed by atoms with Crippen LogP contribution in [0.1, 0.15) is 35.6 Å². The monoisotopic (exact) mass is 472 g/mol. The number of thioether (sulfide) groups is 1. The van der Waals surface area contributed by atoms with Crippen molar-refractivity contribution in [2.45, 2.75) is 33.4 Å². The van der Waals surface area contributed by atoms with Gasteiger partial charge in [0.2, 0.25) is 0 Å². The summed E-state index contributed by atoms with van der Waals surface area (Å²) < 4.78 is 2.02. The fourth-order valence-electron chi connectivity index (χ4n) is 3.29. The van der Waals surface area contributed by atoms with Crippen LogP contribution in [-0.2, 0) is 17.9 Å². The average molecular weight is 473 g/mol. The molecule has 0 saturated carbocycles. The Balaban J connectivity index is 2.20. The van der Waals surface area contributed by atoms with Gasteiger partial charge in [-0.05, 0) is 36.6 Å². The standard InChI is InChI=1S/C22H21ClN4O2S2/c1-4-9-27-19(25-12-14-7-5-6-8-17(14)23)15(13(2)16(11-24)20(27)28)10-18-21(29)26(3)22(30)31-18/h5-8,10,25H,4,9,12H2,1-3H3/b18-10+. The number of carbonyl (C=O) groups is 1. The summed E-state index contributed by atoms with van der Waals surface area (Å²) in [7, 11) is 1.63. The number of thiocarbonyl (C=S) groups is 1. The van der Waals surface area contributed by atoms with Crippen LogP contribution in [0.4, 0.5) is 5.82 Å². The van der Waals surface area contributed by atoms with Crippen LogP contribution in [0.3, 0.4) is 0 Å². The molecule has 1 N–H and O–H groups in total. The second-order valence-corrected chi connectivity index (χ2v) is 9.10. The molecule has 0 atom stereocenters. The number of anilines is 1. The van der Waals surface area contributed by atoms with Crippen LogP contribution in [0, 0.1) is 18.3 Å². The molecule has 6 nitrogen and oxygen atoms in total. The summed E-state index contributed by atoms with van der Waals surface area (Å²) in [6.45, 7) is 4.48. The van der Waals surface area contributed by atoms with Crippen molar-refractivity contribution in [3.63, 3.8) is 0 Å². The number of aromatic nitrogens is 1. The first-order valence-corrected chi connectivity index (χ1v) is 11.3. The molecule has 0 bridgehead atoms. The molecule has 1 amide bonds. The Labute approximate surface area is 195 Å². The molecule has 0 unspecified atom stereocenters. The van der Waals surface area contributed by atoms with E-state index in [-0.39, 0.29) is 17.0 Å².